The van der Waals surface area contributed by atoms with Gasteiger partial charge in [0.15, 0.2) is 0 Å². The summed E-state index contributed by atoms with van der Waals surface area (Å²) in [6, 6.07) is 0. The number of hydrogen-bond donors (Lipinski definition) is 0. The van der Waals surface area contributed by atoms with Crippen LogP contribution in [-0.2, 0) is 4.43 Å². The molecule has 0 fully saturated rings. The largest absolute Gasteiger partial charge is 1.00 e. The quantitative estimate of drug-likeness (QED) is 0.434. The fraction of sp³-hybridized carbons (Fsp3) is 0.889. The minimum Gasteiger partial charge on any atom is -0.416 e. The predicted molar refractivity (Wildman–Crippen MR) is 51.8 cm³/mol. The minimum absolute atomic E-state index is 0. The fourth-order valence-electron chi connectivity index (χ4n) is 0.953. The molecule has 0 rings (SSSR count). The molecule has 0 aliphatic rings. The van der Waals surface area contributed by atoms with E-state index in [0.717, 1.165) is 6.42 Å². The molecule has 67 valence electrons. The molecule has 3 heteroatoms. The van der Waals surface area contributed by atoms with Crippen molar-refractivity contribution in [2.45, 2.75) is 46.4 Å². The average molecular weight is 179 g/mol. The molecule has 0 saturated heterocycles. The Morgan fingerprint density at radius 1 is 1.33 bits per heavy atom. The molecular weight excluding hydrogens is 159 g/mol. The Labute approximate surface area is 91.2 Å². The standard InChI is InChI=1S/C9H20OSi.Li/c1-7-8(9(2,3)4)10-11(5)6;/h8H,1,7H2,2-6H3;/q-1;+1. The van der Waals surface area contributed by atoms with Crippen LogP contribution in [0.2, 0.25) is 13.1 Å². The third-order valence-corrected chi connectivity index (χ3v) is 2.36. The van der Waals surface area contributed by atoms with Gasteiger partial charge in [0, 0.05) is 6.10 Å². The van der Waals surface area contributed by atoms with E-state index < -0.39 is 9.04 Å². The maximum atomic E-state index is 5.80. The van der Waals surface area contributed by atoms with E-state index in [1.54, 1.807) is 0 Å². The third-order valence-electron chi connectivity index (χ3n) is 1.61. The van der Waals surface area contributed by atoms with Crippen LogP contribution in [0.1, 0.15) is 27.2 Å². The summed E-state index contributed by atoms with van der Waals surface area (Å²) >= 11 is 0. The van der Waals surface area contributed by atoms with E-state index >= 15 is 0 Å². The zero-order valence-corrected chi connectivity index (χ0v) is 10.4. The smallest absolute Gasteiger partial charge is 0.416 e. The molecule has 0 spiro atoms. The number of rotatable bonds is 3. The molecule has 0 N–H and O–H groups in total. The first-order chi connectivity index (χ1) is 4.88. The molecule has 0 aromatic carbocycles. The van der Waals surface area contributed by atoms with Crippen molar-refractivity contribution in [1.82, 2.24) is 0 Å². The minimum atomic E-state index is -0.568. The summed E-state index contributed by atoms with van der Waals surface area (Å²) in [6.07, 6.45) is 1.20. The van der Waals surface area contributed by atoms with Crippen molar-refractivity contribution in [1.29, 1.82) is 0 Å². The zero-order chi connectivity index (χ0) is 9.07. The van der Waals surface area contributed by atoms with Crippen LogP contribution < -0.4 is 18.9 Å². The Bertz CT molecular complexity index is 110. The van der Waals surface area contributed by atoms with E-state index in [9.17, 15) is 0 Å². The summed E-state index contributed by atoms with van der Waals surface area (Å²) in [6.45, 7) is 14.8. The van der Waals surface area contributed by atoms with E-state index in [1.165, 1.54) is 0 Å². The molecule has 0 aliphatic carbocycles. The van der Waals surface area contributed by atoms with Gasteiger partial charge in [-0.25, -0.2) is 0 Å². The van der Waals surface area contributed by atoms with Crippen molar-refractivity contribution in [3.8, 4) is 0 Å². The topological polar surface area (TPSA) is 9.23 Å². The Morgan fingerprint density at radius 2 is 1.75 bits per heavy atom. The van der Waals surface area contributed by atoms with Crippen molar-refractivity contribution in [2.75, 3.05) is 0 Å². The Morgan fingerprint density at radius 3 is 1.83 bits per heavy atom. The molecule has 1 nitrogen and oxygen atoms in total. The molecule has 0 bridgehead atoms. The maximum Gasteiger partial charge on any atom is 1.00 e. The molecule has 0 aromatic heterocycles. The second-order valence-corrected chi connectivity index (χ2v) is 6.22. The van der Waals surface area contributed by atoms with Crippen LogP contribution in [0.3, 0.4) is 0 Å². The van der Waals surface area contributed by atoms with Gasteiger partial charge in [0.05, 0.1) is 0 Å². The summed E-state index contributed by atoms with van der Waals surface area (Å²) in [7, 11) is -0.568. The maximum absolute atomic E-state index is 5.80. The van der Waals surface area contributed by atoms with Crippen molar-refractivity contribution in [3.05, 3.63) is 6.92 Å². The first-order valence-corrected chi connectivity index (χ1v) is 6.54. The average Bonchev–Trinajstić information content (AvgIpc) is 1.79. The molecule has 12 heavy (non-hydrogen) atoms. The van der Waals surface area contributed by atoms with Gasteiger partial charge in [-0.15, -0.1) is 0 Å². The van der Waals surface area contributed by atoms with Crippen molar-refractivity contribution < 1.29 is 23.3 Å². The van der Waals surface area contributed by atoms with Crippen molar-refractivity contribution >= 4 is 9.04 Å². The molecule has 0 aliphatic heterocycles. The van der Waals surface area contributed by atoms with E-state index in [2.05, 4.69) is 40.8 Å². The molecule has 0 saturated carbocycles. The zero-order valence-electron chi connectivity index (χ0n) is 9.40. The first kappa shape index (κ1) is 15.3. The molecule has 0 heterocycles. The van der Waals surface area contributed by atoms with Gasteiger partial charge >= 0.3 is 18.9 Å². The van der Waals surface area contributed by atoms with Crippen LogP contribution >= 0.6 is 0 Å². The van der Waals surface area contributed by atoms with Crippen LogP contribution in [0.15, 0.2) is 0 Å². The van der Waals surface area contributed by atoms with Gasteiger partial charge in [-0.05, 0) is 18.5 Å². The summed E-state index contributed by atoms with van der Waals surface area (Å²) in [4.78, 5) is 0. The summed E-state index contributed by atoms with van der Waals surface area (Å²) in [5.41, 5.74) is 0.240. The second-order valence-electron chi connectivity index (χ2n) is 4.17. The van der Waals surface area contributed by atoms with E-state index in [4.69, 9.17) is 4.43 Å². The van der Waals surface area contributed by atoms with E-state index in [0.29, 0.717) is 6.10 Å². The summed E-state index contributed by atoms with van der Waals surface area (Å²) in [5, 5.41) is 0. The van der Waals surface area contributed by atoms with E-state index in [-0.39, 0.29) is 24.3 Å². The summed E-state index contributed by atoms with van der Waals surface area (Å²) < 4.78 is 5.80. The molecule has 0 amide bonds. The van der Waals surface area contributed by atoms with Crippen LogP contribution in [0.4, 0.5) is 0 Å². The van der Waals surface area contributed by atoms with Crippen molar-refractivity contribution in [2.24, 2.45) is 5.41 Å². The molecule has 0 aromatic rings. The second kappa shape index (κ2) is 6.26. The van der Waals surface area contributed by atoms with E-state index in [1.807, 2.05) is 0 Å². The first-order valence-electron chi connectivity index (χ1n) is 4.14. The Kier molecular flexibility index (Phi) is 7.96. The monoisotopic (exact) mass is 179 g/mol. The van der Waals surface area contributed by atoms with Crippen LogP contribution in [-0.4, -0.2) is 15.1 Å². The summed E-state index contributed by atoms with van der Waals surface area (Å²) in [5.74, 6) is 0. The molecule has 1 unspecified atom stereocenters. The van der Waals surface area contributed by atoms with Gasteiger partial charge in [-0.1, -0.05) is 20.8 Å². The van der Waals surface area contributed by atoms with Gasteiger partial charge in [0.2, 0.25) is 9.04 Å². The Hall–Kier alpha value is 0.774. The number of hydrogen-bond acceptors (Lipinski definition) is 1. The third kappa shape index (κ3) is 6.31. The molecule has 1 atom stereocenters. The fourth-order valence-corrected chi connectivity index (χ4v) is 1.99. The van der Waals surface area contributed by atoms with Gasteiger partial charge in [-0.3, -0.25) is 0 Å². The van der Waals surface area contributed by atoms with Crippen molar-refractivity contribution in [3.63, 3.8) is 0 Å². The SMILES string of the molecule is [CH2-]CC(O[Si](C)C)C(C)(C)C.[Li+]. The molecule has 1 radical (unpaired) electrons. The van der Waals surface area contributed by atoms with Crippen LogP contribution in [0, 0.1) is 12.3 Å². The predicted octanol–water partition coefficient (Wildman–Crippen LogP) is -0.103. The van der Waals surface area contributed by atoms with Gasteiger partial charge < -0.3 is 11.3 Å². The Balaban J connectivity index is 0. The van der Waals surface area contributed by atoms with Crippen LogP contribution in [0.25, 0.3) is 0 Å². The van der Waals surface area contributed by atoms with Gasteiger partial charge in [-0.2, -0.15) is 6.42 Å². The normalized spacial score (nSPS) is 14.2. The molecular formula is C9H20LiOSi. The van der Waals surface area contributed by atoms with Gasteiger partial charge in [0.1, 0.15) is 0 Å². The van der Waals surface area contributed by atoms with Gasteiger partial charge in [0.25, 0.3) is 0 Å². The van der Waals surface area contributed by atoms with Crippen LogP contribution in [0.5, 0.6) is 0 Å².